The van der Waals surface area contributed by atoms with Crippen molar-refractivity contribution in [2.45, 2.75) is 103 Å². The molecule has 0 heteroatoms. The van der Waals surface area contributed by atoms with Gasteiger partial charge in [-0.2, -0.15) is 0 Å². The molecule has 0 aliphatic heterocycles. The van der Waals surface area contributed by atoms with Gasteiger partial charge in [0.25, 0.3) is 0 Å². The zero-order valence-corrected chi connectivity index (χ0v) is 13.3. The monoisotopic (exact) mass is 264 g/mol. The highest BCUT2D eigenvalue weighted by Crippen LogP contribution is 2.41. The minimum absolute atomic E-state index is 1.10. The Balaban J connectivity index is 1.54. The van der Waals surface area contributed by atoms with Crippen LogP contribution in [0.15, 0.2) is 0 Å². The van der Waals surface area contributed by atoms with E-state index >= 15 is 0 Å². The van der Waals surface area contributed by atoms with Gasteiger partial charge in [-0.3, -0.25) is 0 Å². The zero-order valence-electron chi connectivity index (χ0n) is 13.3. The lowest BCUT2D eigenvalue weighted by Crippen LogP contribution is -2.23. The lowest BCUT2D eigenvalue weighted by Gasteiger charge is -2.36. The van der Waals surface area contributed by atoms with E-state index in [2.05, 4.69) is 6.92 Å². The molecule has 112 valence electrons. The first-order valence-electron chi connectivity index (χ1n) is 9.40. The van der Waals surface area contributed by atoms with Crippen LogP contribution in [0.4, 0.5) is 0 Å². The topological polar surface area (TPSA) is 0 Å². The Labute approximate surface area is 121 Å². The van der Waals surface area contributed by atoms with Gasteiger partial charge in [0.1, 0.15) is 0 Å². The smallest absolute Gasteiger partial charge is 0.0386 e. The van der Waals surface area contributed by atoms with E-state index in [9.17, 15) is 0 Å². The summed E-state index contributed by atoms with van der Waals surface area (Å²) in [5.74, 6) is 3.34. The Bertz CT molecular complexity index is 206. The highest BCUT2D eigenvalue weighted by atomic mass is 14.3. The van der Waals surface area contributed by atoms with Gasteiger partial charge in [0.15, 0.2) is 0 Å². The molecule has 0 N–H and O–H groups in total. The molecule has 2 fully saturated rings. The summed E-state index contributed by atoms with van der Waals surface area (Å²) in [7, 11) is 0. The predicted molar refractivity (Wildman–Crippen MR) is 85.4 cm³/mol. The molecule has 2 rings (SSSR count). The molecule has 2 saturated carbocycles. The van der Waals surface area contributed by atoms with Gasteiger partial charge in [-0.1, -0.05) is 90.4 Å². The summed E-state index contributed by atoms with van der Waals surface area (Å²) < 4.78 is 0. The molecule has 0 spiro atoms. The number of hydrogen-bond donors (Lipinski definition) is 0. The minimum atomic E-state index is 1.10. The molecule has 2 aliphatic carbocycles. The quantitative estimate of drug-likeness (QED) is 0.447. The van der Waals surface area contributed by atoms with Crippen LogP contribution in [0.3, 0.4) is 0 Å². The summed E-state index contributed by atoms with van der Waals surface area (Å²) in [5, 5.41) is 0. The van der Waals surface area contributed by atoms with Crippen LogP contribution in [0.25, 0.3) is 0 Å². The molecule has 0 radical (unpaired) electrons. The molecule has 0 amide bonds. The van der Waals surface area contributed by atoms with Gasteiger partial charge in [-0.05, 0) is 30.6 Å². The lowest BCUT2D eigenvalue weighted by atomic mass is 9.70. The van der Waals surface area contributed by atoms with Crippen molar-refractivity contribution in [3.8, 4) is 0 Å². The Morgan fingerprint density at radius 1 is 0.632 bits per heavy atom. The summed E-state index contributed by atoms with van der Waals surface area (Å²) in [6.45, 7) is 2.31. The molecule has 0 heterocycles. The minimum Gasteiger partial charge on any atom is -0.0654 e. The second-order valence-electron chi connectivity index (χ2n) is 7.38. The Morgan fingerprint density at radius 2 is 1.26 bits per heavy atom. The molecular formula is C19H36. The van der Waals surface area contributed by atoms with Crippen molar-refractivity contribution in [2.24, 2.45) is 17.8 Å². The van der Waals surface area contributed by atoms with Crippen molar-refractivity contribution in [1.29, 1.82) is 0 Å². The van der Waals surface area contributed by atoms with E-state index in [1.165, 1.54) is 51.4 Å². The van der Waals surface area contributed by atoms with Crippen molar-refractivity contribution in [3.63, 3.8) is 0 Å². The second-order valence-corrected chi connectivity index (χ2v) is 7.38. The van der Waals surface area contributed by atoms with E-state index < -0.39 is 0 Å². The lowest BCUT2D eigenvalue weighted by molar-refractivity contribution is 0.162. The van der Waals surface area contributed by atoms with Crippen LogP contribution < -0.4 is 0 Å². The maximum absolute atomic E-state index is 2.31. The van der Waals surface area contributed by atoms with Crippen LogP contribution in [-0.4, -0.2) is 0 Å². The number of rotatable bonds is 7. The first-order valence-corrected chi connectivity index (χ1v) is 9.40. The molecule has 0 saturated heterocycles. The summed E-state index contributed by atoms with van der Waals surface area (Å²) >= 11 is 0. The highest BCUT2D eigenvalue weighted by Gasteiger charge is 2.28. The highest BCUT2D eigenvalue weighted by molar-refractivity contribution is 4.79. The Hall–Kier alpha value is 0. The molecule has 0 nitrogen and oxygen atoms in total. The SMILES string of the molecule is CCCCCCCC1CCC(C2CCCCC2)CC1. The van der Waals surface area contributed by atoms with Crippen molar-refractivity contribution >= 4 is 0 Å². The van der Waals surface area contributed by atoms with Gasteiger partial charge < -0.3 is 0 Å². The van der Waals surface area contributed by atoms with Crippen molar-refractivity contribution in [2.75, 3.05) is 0 Å². The molecular weight excluding hydrogens is 228 g/mol. The van der Waals surface area contributed by atoms with Crippen LogP contribution in [0.2, 0.25) is 0 Å². The van der Waals surface area contributed by atoms with Crippen LogP contribution in [-0.2, 0) is 0 Å². The normalized spacial score (nSPS) is 29.5. The number of hydrogen-bond acceptors (Lipinski definition) is 0. The van der Waals surface area contributed by atoms with Gasteiger partial charge in [-0.15, -0.1) is 0 Å². The third-order valence-electron chi connectivity index (χ3n) is 5.92. The van der Waals surface area contributed by atoms with E-state index in [4.69, 9.17) is 0 Å². The molecule has 0 bridgehead atoms. The first-order chi connectivity index (χ1) is 9.40. The van der Waals surface area contributed by atoms with E-state index in [0.29, 0.717) is 0 Å². The van der Waals surface area contributed by atoms with Gasteiger partial charge in [-0.25, -0.2) is 0 Å². The van der Waals surface area contributed by atoms with E-state index in [-0.39, 0.29) is 0 Å². The molecule has 0 atom stereocenters. The largest absolute Gasteiger partial charge is 0.0654 e. The van der Waals surface area contributed by atoms with Crippen LogP contribution >= 0.6 is 0 Å². The number of unbranched alkanes of at least 4 members (excludes halogenated alkanes) is 4. The van der Waals surface area contributed by atoms with Gasteiger partial charge in [0.2, 0.25) is 0 Å². The first kappa shape index (κ1) is 15.4. The summed E-state index contributed by atoms with van der Waals surface area (Å²) in [6.07, 6.45) is 22.8. The third-order valence-corrected chi connectivity index (χ3v) is 5.92. The predicted octanol–water partition coefficient (Wildman–Crippen LogP) is 6.73. The molecule has 2 aliphatic rings. The fourth-order valence-electron chi connectivity index (χ4n) is 4.59. The van der Waals surface area contributed by atoms with Gasteiger partial charge in [0.05, 0.1) is 0 Å². The fraction of sp³-hybridized carbons (Fsp3) is 1.00. The molecule has 0 aromatic rings. The van der Waals surface area contributed by atoms with E-state index in [1.54, 1.807) is 44.9 Å². The van der Waals surface area contributed by atoms with Gasteiger partial charge in [0, 0.05) is 0 Å². The maximum Gasteiger partial charge on any atom is -0.0386 e. The van der Waals surface area contributed by atoms with Crippen LogP contribution in [0.1, 0.15) is 103 Å². The van der Waals surface area contributed by atoms with E-state index in [1.807, 2.05) is 0 Å². The van der Waals surface area contributed by atoms with Crippen molar-refractivity contribution < 1.29 is 0 Å². The van der Waals surface area contributed by atoms with Gasteiger partial charge >= 0.3 is 0 Å². The molecule has 0 aromatic carbocycles. The fourth-order valence-corrected chi connectivity index (χ4v) is 4.59. The zero-order chi connectivity index (χ0) is 13.3. The maximum atomic E-state index is 2.31. The molecule has 0 unspecified atom stereocenters. The molecule has 19 heavy (non-hydrogen) atoms. The third kappa shape index (κ3) is 5.48. The van der Waals surface area contributed by atoms with Crippen LogP contribution in [0.5, 0.6) is 0 Å². The van der Waals surface area contributed by atoms with Crippen molar-refractivity contribution in [1.82, 2.24) is 0 Å². The summed E-state index contributed by atoms with van der Waals surface area (Å²) in [4.78, 5) is 0. The second kappa shape index (κ2) is 9.03. The van der Waals surface area contributed by atoms with Crippen molar-refractivity contribution in [3.05, 3.63) is 0 Å². The Morgan fingerprint density at radius 3 is 1.95 bits per heavy atom. The molecule has 0 aromatic heterocycles. The average molecular weight is 264 g/mol. The Kier molecular flexibility index (Phi) is 7.32. The summed E-state index contributed by atoms with van der Waals surface area (Å²) in [6, 6.07) is 0. The standard InChI is InChI=1S/C19H36/c1-2-3-4-5-7-10-17-13-15-19(16-14-17)18-11-8-6-9-12-18/h17-19H,2-16H2,1H3. The summed E-state index contributed by atoms with van der Waals surface area (Å²) in [5.41, 5.74) is 0. The van der Waals surface area contributed by atoms with E-state index in [0.717, 1.165) is 17.8 Å². The average Bonchev–Trinajstić information content (AvgIpc) is 2.49. The van der Waals surface area contributed by atoms with Crippen LogP contribution in [0, 0.1) is 17.8 Å².